The lowest BCUT2D eigenvalue weighted by atomic mass is 9.87. The predicted molar refractivity (Wildman–Crippen MR) is 62.1 cm³/mol. The van der Waals surface area contributed by atoms with Gasteiger partial charge < -0.3 is 10.8 Å². The first kappa shape index (κ1) is 13.9. The number of nitrogens with two attached hydrogens (primary N) is 1. The van der Waals surface area contributed by atoms with Crippen LogP contribution in [0.3, 0.4) is 0 Å². The smallest absolute Gasteiger partial charge is 0.0583 e. The Hall–Kier alpha value is -0.0800. The van der Waals surface area contributed by atoms with Crippen molar-refractivity contribution >= 4 is 0 Å². The van der Waals surface area contributed by atoms with Gasteiger partial charge in [0.2, 0.25) is 0 Å². The summed E-state index contributed by atoms with van der Waals surface area (Å²) in [6.45, 7) is 9.32. The SMILES string of the molecule is CCC(C)CC(O)C(CN)CC(C)C. The summed E-state index contributed by atoms with van der Waals surface area (Å²) in [6.07, 6.45) is 2.85. The van der Waals surface area contributed by atoms with Gasteiger partial charge in [0.05, 0.1) is 6.10 Å². The summed E-state index contributed by atoms with van der Waals surface area (Å²) in [5.41, 5.74) is 5.68. The van der Waals surface area contributed by atoms with E-state index in [4.69, 9.17) is 5.73 Å². The normalized spacial score (nSPS) is 18.2. The van der Waals surface area contributed by atoms with Crippen LogP contribution in [0.1, 0.15) is 47.0 Å². The van der Waals surface area contributed by atoms with Gasteiger partial charge in [0.15, 0.2) is 0 Å². The van der Waals surface area contributed by atoms with Gasteiger partial charge in [-0.3, -0.25) is 0 Å². The Labute approximate surface area is 88.9 Å². The summed E-state index contributed by atoms with van der Waals surface area (Å²) >= 11 is 0. The zero-order chi connectivity index (χ0) is 11.1. The van der Waals surface area contributed by atoms with Crippen LogP contribution in [0.4, 0.5) is 0 Å². The third-order valence-corrected chi connectivity index (χ3v) is 2.96. The van der Waals surface area contributed by atoms with Crippen molar-refractivity contribution in [3.05, 3.63) is 0 Å². The largest absolute Gasteiger partial charge is 0.393 e. The molecule has 0 aromatic carbocycles. The maximum atomic E-state index is 9.98. The van der Waals surface area contributed by atoms with Crippen molar-refractivity contribution in [2.45, 2.75) is 53.1 Å². The minimum absolute atomic E-state index is 0.211. The maximum Gasteiger partial charge on any atom is 0.0583 e. The first-order chi connectivity index (χ1) is 6.51. The third kappa shape index (κ3) is 5.61. The Morgan fingerprint density at radius 1 is 1.14 bits per heavy atom. The van der Waals surface area contributed by atoms with E-state index in [1.54, 1.807) is 0 Å². The molecular formula is C12H27NO. The molecule has 3 unspecified atom stereocenters. The van der Waals surface area contributed by atoms with Gasteiger partial charge in [-0.15, -0.1) is 0 Å². The second-order valence-corrected chi connectivity index (χ2v) is 4.94. The molecule has 3 N–H and O–H groups in total. The van der Waals surface area contributed by atoms with Crippen LogP contribution in [0.15, 0.2) is 0 Å². The minimum atomic E-state index is -0.211. The average molecular weight is 201 g/mol. The zero-order valence-electron chi connectivity index (χ0n) is 10.2. The second-order valence-electron chi connectivity index (χ2n) is 4.94. The second kappa shape index (κ2) is 7.24. The highest BCUT2D eigenvalue weighted by Gasteiger charge is 2.20. The lowest BCUT2D eigenvalue weighted by Gasteiger charge is -2.25. The van der Waals surface area contributed by atoms with E-state index in [2.05, 4.69) is 27.7 Å². The number of rotatable bonds is 7. The Morgan fingerprint density at radius 3 is 2.07 bits per heavy atom. The van der Waals surface area contributed by atoms with Crippen molar-refractivity contribution in [2.75, 3.05) is 6.54 Å². The first-order valence-electron chi connectivity index (χ1n) is 5.89. The molecule has 0 fully saturated rings. The van der Waals surface area contributed by atoms with E-state index in [-0.39, 0.29) is 12.0 Å². The Balaban J connectivity index is 3.96. The van der Waals surface area contributed by atoms with Crippen LogP contribution < -0.4 is 5.73 Å². The van der Waals surface area contributed by atoms with Gasteiger partial charge in [-0.2, -0.15) is 0 Å². The van der Waals surface area contributed by atoms with Crippen molar-refractivity contribution < 1.29 is 5.11 Å². The van der Waals surface area contributed by atoms with Crippen LogP contribution >= 0.6 is 0 Å². The molecule has 2 nitrogen and oxygen atoms in total. The van der Waals surface area contributed by atoms with E-state index >= 15 is 0 Å². The van der Waals surface area contributed by atoms with Crippen molar-refractivity contribution in [3.63, 3.8) is 0 Å². The Bertz CT molecular complexity index is 136. The van der Waals surface area contributed by atoms with E-state index in [9.17, 15) is 5.11 Å². The van der Waals surface area contributed by atoms with Crippen LogP contribution in [0.2, 0.25) is 0 Å². The summed E-state index contributed by atoms with van der Waals surface area (Å²) in [5.74, 6) is 1.50. The lowest BCUT2D eigenvalue weighted by molar-refractivity contribution is 0.0764. The van der Waals surface area contributed by atoms with Crippen molar-refractivity contribution in [2.24, 2.45) is 23.5 Å². The van der Waals surface area contributed by atoms with E-state index in [0.717, 1.165) is 19.3 Å². The fourth-order valence-corrected chi connectivity index (χ4v) is 1.79. The van der Waals surface area contributed by atoms with Gasteiger partial charge in [0.25, 0.3) is 0 Å². The maximum absolute atomic E-state index is 9.98. The fourth-order valence-electron chi connectivity index (χ4n) is 1.79. The van der Waals surface area contributed by atoms with Crippen molar-refractivity contribution in [1.82, 2.24) is 0 Å². The molecule has 14 heavy (non-hydrogen) atoms. The molecule has 0 saturated heterocycles. The van der Waals surface area contributed by atoms with Gasteiger partial charge in [-0.05, 0) is 37.1 Å². The van der Waals surface area contributed by atoms with Gasteiger partial charge >= 0.3 is 0 Å². The van der Waals surface area contributed by atoms with Gasteiger partial charge in [-0.25, -0.2) is 0 Å². The molecule has 0 heterocycles. The fraction of sp³-hybridized carbons (Fsp3) is 1.00. The minimum Gasteiger partial charge on any atom is -0.393 e. The molecule has 0 aliphatic rings. The number of hydrogen-bond acceptors (Lipinski definition) is 2. The van der Waals surface area contributed by atoms with E-state index in [1.807, 2.05) is 0 Å². The summed E-state index contributed by atoms with van der Waals surface area (Å²) in [6, 6.07) is 0. The average Bonchev–Trinajstić information content (AvgIpc) is 2.13. The molecule has 2 heteroatoms. The lowest BCUT2D eigenvalue weighted by Crippen LogP contribution is -2.30. The van der Waals surface area contributed by atoms with Gasteiger partial charge in [-0.1, -0.05) is 34.1 Å². The molecule has 3 atom stereocenters. The predicted octanol–water partition coefficient (Wildman–Crippen LogP) is 2.40. The Kier molecular flexibility index (Phi) is 7.20. The molecule has 0 aliphatic heterocycles. The van der Waals surface area contributed by atoms with Crippen molar-refractivity contribution in [3.8, 4) is 0 Å². The molecule has 0 rings (SSSR count). The first-order valence-corrected chi connectivity index (χ1v) is 5.89. The summed E-state index contributed by atoms with van der Waals surface area (Å²) in [7, 11) is 0. The van der Waals surface area contributed by atoms with Crippen LogP contribution in [-0.4, -0.2) is 17.8 Å². The molecule has 0 aromatic heterocycles. The van der Waals surface area contributed by atoms with E-state index in [0.29, 0.717) is 18.4 Å². The number of aliphatic hydroxyl groups excluding tert-OH is 1. The number of hydrogen-bond donors (Lipinski definition) is 2. The molecule has 0 aliphatic carbocycles. The summed E-state index contributed by atoms with van der Waals surface area (Å²) in [5, 5.41) is 9.98. The zero-order valence-corrected chi connectivity index (χ0v) is 10.2. The standard InChI is InChI=1S/C12H27NO/c1-5-10(4)7-12(14)11(8-13)6-9(2)3/h9-12,14H,5-8,13H2,1-4H3. The van der Waals surface area contributed by atoms with Crippen molar-refractivity contribution in [1.29, 1.82) is 0 Å². The summed E-state index contributed by atoms with van der Waals surface area (Å²) in [4.78, 5) is 0. The topological polar surface area (TPSA) is 46.2 Å². The molecule has 0 bridgehead atoms. The van der Waals surface area contributed by atoms with E-state index in [1.165, 1.54) is 0 Å². The molecule has 0 aromatic rings. The highest BCUT2D eigenvalue weighted by atomic mass is 16.3. The van der Waals surface area contributed by atoms with Crippen LogP contribution in [-0.2, 0) is 0 Å². The van der Waals surface area contributed by atoms with Gasteiger partial charge in [0.1, 0.15) is 0 Å². The highest BCUT2D eigenvalue weighted by molar-refractivity contribution is 4.73. The monoisotopic (exact) mass is 201 g/mol. The van der Waals surface area contributed by atoms with Crippen LogP contribution in [0.25, 0.3) is 0 Å². The van der Waals surface area contributed by atoms with Crippen LogP contribution in [0.5, 0.6) is 0 Å². The molecule has 0 radical (unpaired) electrons. The molecule has 0 amide bonds. The van der Waals surface area contributed by atoms with E-state index < -0.39 is 0 Å². The molecule has 0 saturated carbocycles. The highest BCUT2D eigenvalue weighted by Crippen LogP contribution is 2.20. The molecular weight excluding hydrogens is 174 g/mol. The molecule has 0 spiro atoms. The third-order valence-electron chi connectivity index (χ3n) is 2.96. The van der Waals surface area contributed by atoms with Crippen LogP contribution in [0, 0.1) is 17.8 Å². The Morgan fingerprint density at radius 2 is 1.71 bits per heavy atom. The molecule has 86 valence electrons. The quantitative estimate of drug-likeness (QED) is 0.664. The number of aliphatic hydroxyl groups is 1. The van der Waals surface area contributed by atoms with Gasteiger partial charge in [0, 0.05) is 0 Å². The summed E-state index contributed by atoms with van der Waals surface area (Å²) < 4.78 is 0.